The lowest BCUT2D eigenvalue weighted by atomic mass is 9.82. The Balaban J connectivity index is 0.00000131. The molecule has 3 aliphatic rings. The molecule has 0 aliphatic carbocycles. The highest BCUT2D eigenvalue weighted by atomic mass is 35.5. The van der Waals surface area contributed by atoms with E-state index < -0.39 is 0 Å². The van der Waals surface area contributed by atoms with Gasteiger partial charge in [-0.15, -0.1) is 24.8 Å². The maximum Gasteiger partial charge on any atom is 0.0721 e. The van der Waals surface area contributed by atoms with Crippen molar-refractivity contribution in [2.24, 2.45) is 0 Å². The number of benzene rings is 1. The number of hydrogen-bond donors (Lipinski definition) is 1. The van der Waals surface area contributed by atoms with E-state index in [4.69, 9.17) is 4.74 Å². The molecule has 0 saturated carbocycles. The first-order chi connectivity index (χ1) is 12.2. The predicted molar refractivity (Wildman–Crippen MR) is 116 cm³/mol. The third kappa shape index (κ3) is 5.81. The van der Waals surface area contributed by atoms with Crippen molar-refractivity contribution < 1.29 is 4.74 Å². The summed E-state index contributed by atoms with van der Waals surface area (Å²) in [6, 6.07) is 9.68. The van der Waals surface area contributed by atoms with Gasteiger partial charge in [0.1, 0.15) is 0 Å². The molecular weight excluding hydrogens is 381 g/mol. The van der Waals surface area contributed by atoms with Gasteiger partial charge in [-0.05, 0) is 51.3 Å². The summed E-state index contributed by atoms with van der Waals surface area (Å²) in [7, 11) is 0. The summed E-state index contributed by atoms with van der Waals surface area (Å²) in [4.78, 5) is 5.37. The van der Waals surface area contributed by atoms with E-state index in [1.54, 1.807) is 0 Å². The maximum absolute atomic E-state index is 6.26. The van der Waals surface area contributed by atoms with Crippen LogP contribution < -0.4 is 5.32 Å². The van der Waals surface area contributed by atoms with Gasteiger partial charge >= 0.3 is 0 Å². The zero-order valence-corrected chi connectivity index (χ0v) is 18.1. The van der Waals surface area contributed by atoms with Crippen LogP contribution in [-0.2, 0) is 11.3 Å². The maximum atomic E-state index is 6.26. The van der Waals surface area contributed by atoms with Gasteiger partial charge < -0.3 is 10.1 Å². The van der Waals surface area contributed by atoms with Gasteiger partial charge in [0, 0.05) is 45.4 Å². The SMILES string of the molecule is Cc1cccc(CN2CCN(C3CCOC4(CCNCC4)C3)CC2)c1.Cl.Cl. The number of nitrogens with zero attached hydrogens (tertiary/aromatic N) is 2. The van der Waals surface area contributed by atoms with Crippen LogP contribution in [0.1, 0.15) is 36.8 Å². The second kappa shape index (κ2) is 10.4. The number of piperazine rings is 1. The van der Waals surface area contributed by atoms with Gasteiger partial charge in [0.05, 0.1) is 5.60 Å². The third-order valence-corrected chi connectivity index (χ3v) is 6.39. The molecule has 3 saturated heterocycles. The van der Waals surface area contributed by atoms with E-state index >= 15 is 0 Å². The molecule has 0 bridgehead atoms. The third-order valence-electron chi connectivity index (χ3n) is 6.39. The van der Waals surface area contributed by atoms with Crippen molar-refractivity contribution in [3.8, 4) is 0 Å². The fourth-order valence-corrected chi connectivity index (χ4v) is 4.90. The summed E-state index contributed by atoms with van der Waals surface area (Å²) >= 11 is 0. The van der Waals surface area contributed by atoms with Gasteiger partial charge in [-0.3, -0.25) is 9.80 Å². The quantitative estimate of drug-likeness (QED) is 0.819. The molecule has 0 radical (unpaired) electrons. The largest absolute Gasteiger partial charge is 0.375 e. The molecule has 3 fully saturated rings. The second-order valence-electron chi connectivity index (χ2n) is 8.23. The Bertz CT molecular complexity index is 567. The van der Waals surface area contributed by atoms with E-state index in [-0.39, 0.29) is 30.4 Å². The minimum atomic E-state index is 0. The van der Waals surface area contributed by atoms with Gasteiger partial charge in [0.15, 0.2) is 0 Å². The number of nitrogens with one attached hydrogen (secondary N) is 1. The standard InChI is InChI=1S/C21H33N3O.2ClH/c1-18-3-2-4-19(15-18)17-23-10-12-24(13-11-23)20-5-14-25-21(16-20)6-8-22-9-7-21;;/h2-4,15,20,22H,5-14,16-17H2,1H3;2*1H. The number of hydrogen-bond acceptors (Lipinski definition) is 4. The molecule has 1 unspecified atom stereocenters. The molecule has 27 heavy (non-hydrogen) atoms. The Morgan fingerprint density at radius 3 is 2.56 bits per heavy atom. The Hall–Kier alpha value is -0.360. The van der Waals surface area contributed by atoms with Crippen LogP contribution in [0, 0.1) is 6.92 Å². The van der Waals surface area contributed by atoms with Crippen molar-refractivity contribution in [3.05, 3.63) is 35.4 Å². The second-order valence-corrected chi connectivity index (χ2v) is 8.23. The first-order valence-electron chi connectivity index (χ1n) is 10.1. The van der Waals surface area contributed by atoms with Gasteiger partial charge in [-0.1, -0.05) is 29.8 Å². The van der Waals surface area contributed by atoms with Crippen LogP contribution in [0.3, 0.4) is 0 Å². The minimum absolute atomic E-state index is 0. The fourth-order valence-electron chi connectivity index (χ4n) is 4.90. The molecule has 154 valence electrons. The monoisotopic (exact) mass is 415 g/mol. The van der Waals surface area contributed by atoms with E-state index in [1.165, 1.54) is 63.0 Å². The number of ether oxygens (including phenoxy) is 1. The Morgan fingerprint density at radius 2 is 1.85 bits per heavy atom. The molecule has 0 aromatic heterocycles. The Kier molecular flexibility index (Phi) is 8.85. The highest BCUT2D eigenvalue weighted by Crippen LogP contribution is 2.35. The molecule has 1 aromatic carbocycles. The van der Waals surface area contributed by atoms with Crippen LogP contribution in [-0.4, -0.2) is 67.3 Å². The summed E-state index contributed by atoms with van der Waals surface area (Å²) in [6.45, 7) is 11.3. The van der Waals surface area contributed by atoms with E-state index in [9.17, 15) is 0 Å². The lowest BCUT2D eigenvalue weighted by Gasteiger charge is -2.48. The van der Waals surface area contributed by atoms with Crippen molar-refractivity contribution in [1.29, 1.82) is 0 Å². The van der Waals surface area contributed by atoms with E-state index in [1.807, 2.05) is 0 Å². The van der Waals surface area contributed by atoms with Gasteiger partial charge in [-0.25, -0.2) is 0 Å². The number of halogens is 2. The van der Waals surface area contributed by atoms with Crippen molar-refractivity contribution in [1.82, 2.24) is 15.1 Å². The lowest BCUT2D eigenvalue weighted by molar-refractivity contribution is -0.123. The first kappa shape index (κ1) is 22.9. The molecule has 4 rings (SSSR count). The lowest BCUT2D eigenvalue weighted by Crippen LogP contribution is -2.56. The molecule has 3 aliphatic heterocycles. The van der Waals surface area contributed by atoms with Crippen LogP contribution in [0.4, 0.5) is 0 Å². The summed E-state index contributed by atoms with van der Waals surface area (Å²) < 4.78 is 6.26. The van der Waals surface area contributed by atoms with Crippen LogP contribution in [0.15, 0.2) is 24.3 Å². The molecular formula is C21H35Cl2N3O. The summed E-state index contributed by atoms with van der Waals surface area (Å²) in [5.74, 6) is 0. The minimum Gasteiger partial charge on any atom is -0.375 e. The normalized spacial score (nSPS) is 26.2. The Labute approximate surface area is 176 Å². The van der Waals surface area contributed by atoms with Crippen LogP contribution in [0.2, 0.25) is 0 Å². The van der Waals surface area contributed by atoms with Crippen molar-refractivity contribution >= 4 is 24.8 Å². The van der Waals surface area contributed by atoms with Crippen molar-refractivity contribution in [2.75, 3.05) is 45.9 Å². The van der Waals surface area contributed by atoms with Crippen molar-refractivity contribution in [3.63, 3.8) is 0 Å². The highest BCUT2D eigenvalue weighted by Gasteiger charge is 2.40. The smallest absolute Gasteiger partial charge is 0.0721 e. The average molecular weight is 416 g/mol. The molecule has 6 heteroatoms. The summed E-state index contributed by atoms with van der Waals surface area (Å²) in [6.07, 6.45) is 4.84. The van der Waals surface area contributed by atoms with Gasteiger partial charge in [-0.2, -0.15) is 0 Å². The van der Waals surface area contributed by atoms with E-state index in [0.29, 0.717) is 0 Å². The molecule has 1 spiro atoms. The van der Waals surface area contributed by atoms with Crippen molar-refractivity contribution in [2.45, 2.75) is 50.8 Å². The average Bonchev–Trinajstić information content (AvgIpc) is 2.63. The summed E-state index contributed by atoms with van der Waals surface area (Å²) in [5.41, 5.74) is 2.99. The molecule has 1 atom stereocenters. The summed E-state index contributed by atoms with van der Waals surface area (Å²) in [5, 5.41) is 3.48. The number of piperidine rings is 1. The van der Waals surface area contributed by atoms with Crippen LogP contribution in [0.5, 0.6) is 0 Å². The fraction of sp³-hybridized carbons (Fsp3) is 0.714. The van der Waals surface area contributed by atoms with E-state index in [2.05, 4.69) is 46.3 Å². The predicted octanol–water partition coefficient (Wildman–Crippen LogP) is 3.26. The van der Waals surface area contributed by atoms with Gasteiger partial charge in [0.2, 0.25) is 0 Å². The molecule has 3 heterocycles. The number of rotatable bonds is 3. The molecule has 4 nitrogen and oxygen atoms in total. The zero-order chi connectivity index (χ0) is 17.1. The van der Waals surface area contributed by atoms with Crippen LogP contribution >= 0.6 is 24.8 Å². The molecule has 0 amide bonds. The number of aryl methyl sites for hydroxylation is 1. The van der Waals surface area contributed by atoms with E-state index in [0.717, 1.165) is 32.3 Å². The van der Waals surface area contributed by atoms with Crippen LogP contribution in [0.25, 0.3) is 0 Å². The van der Waals surface area contributed by atoms with Gasteiger partial charge in [0.25, 0.3) is 0 Å². The highest BCUT2D eigenvalue weighted by molar-refractivity contribution is 5.85. The first-order valence-corrected chi connectivity index (χ1v) is 10.1. The molecule has 1 N–H and O–H groups in total. The molecule has 1 aromatic rings. The zero-order valence-electron chi connectivity index (χ0n) is 16.5. The topological polar surface area (TPSA) is 27.7 Å². The Morgan fingerprint density at radius 1 is 1.11 bits per heavy atom.